The number of allylic oxidation sites excluding steroid dienone is 3. The number of nitrogens with zero attached hydrogens (tertiary/aromatic N) is 1. The number of carbonyl (C=O) groups excluding carboxylic acids is 1. The van der Waals surface area contributed by atoms with E-state index in [1.807, 2.05) is 51.1 Å². The summed E-state index contributed by atoms with van der Waals surface area (Å²) < 4.78 is 0. The van der Waals surface area contributed by atoms with E-state index >= 15 is 0 Å². The summed E-state index contributed by atoms with van der Waals surface area (Å²) in [5.74, 6) is -0.106. The van der Waals surface area contributed by atoms with Gasteiger partial charge in [0.2, 0.25) is 0 Å². The van der Waals surface area contributed by atoms with Gasteiger partial charge in [-0.2, -0.15) is 0 Å². The predicted molar refractivity (Wildman–Crippen MR) is 107 cm³/mol. The Hall–Kier alpha value is -3.01. The van der Waals surface area contributed by atoms with Gasteiger partial charge in [0.05, 0.1) is 0 Å². The lowest BCUT2D eigenvalue weighted by Gasteiger charge is -2.12. The summed E-state index contributed by atoms with van der Waals surface area (Å²) in [6, 6.07) is 10.4. The molecule has 0 radical (unpaired) electrons. The molecule has 2 N–H and O–H groups in total. The summed E-state index contributed by atoms with van der Waals surface area (Å²) in [5, 5.41) is 20.4. The van der Waals surface area contributed by atoms with Gasteiger partial charge in [0.1, 0.15) is 11.5 Å². The molecule has 0 aliphatic rings. The number of rotatable bonds is 6. The zero-order valence-corrected chi connectivity index (χ0v) is 15.7. The lowest BCUT2D eigenvalue weighted by molar-refractivity contribution is 0.104. The maximum atomic E-state index is 12.3. The van der Waals surface area contributed by atoms with Crippen LogP contribution >= 0.6 is 0 Å². The number of anilines is 1. The van der Waals surface area contributed by atoms with Gasteiger partial charge in [0, 0.05) is 36.5 Å². The van der Waals surface area contributed by atoms with Crippen molar-refractivity contribution in [3.05, 3.63) is 70.8 Å². The van der Waals surface area contributed by atoms with Gasteiger partial charge in [-0.25, -0.2) is 0 Å². The number of phenolic OH excluding ortho intramolecular Hbond substituents is 2. The Labute approximate surface area is 154 Å². The fourth-order valence-corrected chi connectivity index (χ4v) is 2.47. The number of aromatic hydroxyl groups is 2. The Morgan fingerprint density at radius 1 is 1.04 bits per heavy atom. The van der Waals surface area contributed by atoms with Gasteiger partial charge in [0.25, 0.3) is 0 Å². The quantitative estimate of drug-likeness (QED) is 0.455. The van der Waals surface area contributed by atoms with Crippen molar-refractivity contribution in [2.45, 2.75) is 20.3 Å². The molecule has 2 aromatic carbocycles. The number of hydrogen-bond acceptors (Lipinski definition) is 4. The van der Waals surface area contributed by atoms with Crippen molar-refractivity contribution in [1.82, 2.24) is 0 Å². The molecule has 0 bridgehead atoms. The van der Waals surface area contributed by atoms with Crippen LogP contribution in [0.5, 0.6) is 11.5 Å². The smallest absolute Gasteiger partial charge is 0.185 e. The molecule has 0 atom stereocenters. The molecule has 26 heavy (non-hydrogen) atoms. The molecule has 0 saturated heterocycles. The van der Waals surface area contributed by atoms with Crippen LogP contribution in [-0.2, 0) is 6.42 Å². The molecule has 0 aliphatic heterocycles. The molecule has 0 unspecified atom stereocenters. The van der Waals surface area contributed by atoms with Crippen LogP contribution in [0.2, 0.25) is 0 Å². The first-order chi connectivity index (χ1) is 12.3. The summed E-state index contributed by atoms with van der Waals surface area (Å²) in [5.41, 5.74) is 3.65. The second-order valence-corrected chi connectivity index (χ2v) is 6.63. The van der Waals surface area contributed by atoms with E-state index in [0.717, 1.165) is 11.3 Å². The second kappa shape index (κ2) is 8.39. The van der Waals surface area contributed by atoms with E-state index in [0.29, 0.717) is 23.1 Å². The average molecular weight is 351 g/mol. The lowest BCUT2D eigenvalue weighted by atomic mass is 10.0. The average Bonchev–Trinajstić information content (AvgIpc) is 2.60. The van der Waals surface area contributed by atoms with Crippen molar-refractivity contribution in [2.24, 2.45) is 0 Å². The Kier molecular flexibility index (Phi) is 6.23. The standard InChI is InChI=1S/C22H25NO3/c1-15(2)5-12-19-21(25)14-9-17(22(19)26)8-13-20(24)16-6-10-18(11-7-16)23(3)4/h5-11,13-14,25-26H,12H2,1-4H3/b13-8+. The van der Waals surface area contributed by atoms with E-state index in [2.05, 4.69) is 0 Å². The first-order valence-electron chi connectivity index (χ1n) is 8.46. The van der Waals surface area contributed by atoms with Gasteiger partial charge >= 0.3 is 0 Å². The van der Waals surface area contributed by atoms with Crippen molar-refractivity contribution in [3.63, 3.8) is 0 Å². The molecule has 0 aromatic heterocycles. The third-order valence-electron chi connectivity index (χ3n) is 4.09. The third-order valence-corrected chi connectivity index (χ3v) is 4.09. The highest BCUT2D eigenvalue weighted by molar-refractivity contribution is 6.07. The van der Waals surface area contributed by atoms with E-state index in [9.17, 15) is 15.0 Å². The van der Waals surface area contributed by atoms with Gasteiger partial charge in [-0.15, -0.1) is 0 Å². The highest BCUT2D eigenvalue weighted by Crippen LogP contribution is 2.32. The highest BCUT2D eigenvalue weighted by atomic mass is 16.3. The monoisotopic (exact) mass is 351 g/mol. The largest absolute Gasteiger partial charge is 0.508 e. The summed E-state index contributed by atoms with van der Waals surface area (Å²) in [6.45, 7) is 3.91. The minimum Gasteiger partial charge on any atom is -0.508 e. The molecule has 0 spiro atoms. The number of benzene rings is 2. The van der Waals surface area contributed by atoms with Gasteiger partial charge in [-0.1, -0.05) is 11.6 Å². The zero-order valence-electron chi connectivity index (χ0n) is 15.7. The van der Waals surface area contributed by atoms with Crippen LogP contribution < -0.4 is 4.90 Å². The fourth-order valence-electron chi connectivity index (χ4n) is 2.47. The van der Waals surface area contributed by atoms with Crippen LogP contribution in [0.25, 0.3) is 6.08 Å². The molecule has 2 aromatic rings. The fraction of sp³-hybridized carbons (Fsp3) is 0.227. The highest BCUT2D eigenvalue weighted by Gasteiger charge is 2.10. The van der Waals surface area contributed by atoms with Crippen LogP contribution in [0.4, 0.5) is 5.69 Å². The van der Waals surface area contributed by atoms with Crippen LogP contribution in [0.3, 0.4) is 0 Å². The van der Waals surface area contributed by atoms with Crippen LogP contribution in [0.15, 0.2) is 54.1 Å². The summed E-state index contributed by atoms with van der Waals surface area (Å²) >= 11 is 0. The van der Waals surface area contributed by atoms with Crippen molar-refractivity contribution in [1.29, 1.82) is 0 Å². The number of hydrogen-bond donors (Lipinski definition) is 2. The van der Waals surface area contributed by atoms with E-state index < -0.39 is 0 Å². The first kappa shape index (κ1) is 19.3. The molecular weight excluding hydrogens is 326 g/mol. The molecule has 4 heteroatoms. The topological polar surface area (TPSA) is 60.8 Å². The maximum absolute atomic E-state index is 12.3. The molecule has 2 rings (SSSR count). The molecule has 136 valence electrons. The molecule has 4 nitrogen and oxygen atoms in total. The van der Waals surface area contributed by atoms with Gasteiger partial charge in [-0.05, 0) is 68.8 Å². The Bertz CT molecular complexity index is 842. The first-order valence-corrected chi connectivity index (χ1v) is 8.46. The normalized spacial score (nSPS) is 10.8. The van der Waals surface area contributed by atoms with E-state index in [1.54, 1.807) is 24.3 Å². The molecule has 0 fully saturated rings. The number of ketones is 1. The zero-order chi connectivity index (χ0) is 19.3. The van der Waals surface area contributed by atoms with E-state index in [1.165, 1.54) is 12.1 Å². The Morgan fingerprint density at radius 2 is 1.69 bits per heavy atom. The molecule has 0 amide bonds. The predicted octanol–water partition coefficient (Wildman–Crippen LogP) is 4.57. The van der Waals surface area contributed by atoms with Gasteiger partial charge < -0.3 is 15.1 Å². The van der Waals surface area contributed by atoms with Gasteiger partial charge in [-0.3, -0.25) is 4.79 Å². The molecule has 0 aliphatic carbocycles. The SMILES string of the molecule is CC(C)=CCc1c(O)ccc(/C=C/C(=O)c2ccc(N(C)C)cc2)c1O. The Balaban J connectivity index is 2.23. The Morgan fingerprint density at radius 3 is 2.27 bits per heavy atom. The van der Waals surface area contributed by atoms with Crippen LogP contribution in [0.1, 0.15) is 35.3 Å². The van der Waals surface area contributed by atoms with Gasteiger partial charge in [0.15, 0.2) is 5.78 Å². The summed E-state index contributed by atoms with van der Waals surface area (Å²) in [7, 11) is 3.88. The van der Waals surface area contributed by atoms with Crippen molar-refractivity contribution >= 4 is 17.5 Å². The maximum Gasteiger partial charge on any atom is 0.185 e. The third kappa shape index (κ3) is 4.76. The number of phenols is 2. The van der Waals surface area contributed by atoms with E-state index in [4.69, 9.17) is 0 Å². The van der Waals surface area contributed by atoms with Crippen molar-refractivity contribution in [3.8, 4) is 11.5 Å². The lowest BCUT2D eigenvalue weighted by Crippen LogP contribution is -2.08. The van der Waals surface area contributed by atoms with Crippen molar-refractivity contribution in [2.75, 3.05) is 19.0 Å². The number of carbonyl (C=O) groups is 1. The second-order valence-electron chi connectivity index (χ2n) is 6.63. The van der Waals surface area contributed by atoms with Crippen molar-refractivity contribution < 1.29 is 15.0 Å². The summed E-state index contributed by atoms with van der Waals surface area (Å²) in [4.78, 5) is 14.3. The minimum atomic E-state index is -0.145. The molecule has 0 heterocycles. The molecular formula is C22H25NO3. The summed E-state index contributed by atoms with van der Waals surface area (Å²) in [6.07, 6.45) is 5.37. The van der Waals surface area contributed by atoms with Crippen LogP contribution in [0, 0.1) is 0 Å². The van der Waals surface area contributed by atoms with E-state index in [-0.39, 0.29) is 17.3 Å². The minimum absolute atomic E-state index is 0.00509. The van der Waals surface area contributed by atoms with Crippen LogP contribution in [-0.4, -0.2) is 30.1 Å². The molecule has 0 saturated carbocycles.